The van der Waals surface area contributed by atoms with Crippen molar-refractivity contribution in [3.8, 4) is 0 Å². The summed E-state index contributed by atoms with van der Waals surface area (Å²) in [5.41, 5.74) is 0. The number of hydrogen-bond donors (Lipinski definition) is 7. The average molecular weight is 844 g/mol. The van der Waals surface area contributed by atoms with Crippen molar-refractivity contribution in [3.63, 3.8) is 0 Å². The van der Waals surface area contributed by atoms with Gasteiger partial charge < -0.3 is 54.7 Å². The van der Waals surface area contributed by atoms with Crippen LogP contribution in [0.25, 0.3) is 0 Å². The van der Waals surface area contributed by atoms with Gasteiger partial charge >= 0.3 is 53.6 Å². The number of aliphatic hydroxyl groups excluding tert-OH is 7. The molecule has 2 aliphatic heterocycles. The molecule has 2 rings (SSSR count). The molecule has 0 amide bonds. The normalized spacial score (nSPS) is 31.2. The molecule has 2 fully saturated rings. The highest BCUT2D eigenvalue weighted by atomic mass is 19.4. The molecule has 0 aliphatic carbocycles. The van der Waals surface area contributed by atoms with Crippen molar-refractivity contribution in [1.29, 1.82) is 0 Å². The Balaban J connectivity index is 2.07. The highest BCUT2D eigenvalue weighted by molar-refractivity contribution is 5.69. The summed E-state index contributed by atoms with van der Waals surface area (Å²) in [7, 11) is 0. The Labute approximate surface area is 288 Å². The van der Waals surface area contributed by atoms with E-state index < -0.39 is 154 Å². The van der Waals surface area contributed by atoms with Crippen LogP contribution in [0, 0.1) is 0 Å². The summed E-state index contributed by atoms with van der Waals surface area (Å²) >= 11 is 0. The molecule has 0 spiro atoms. The fourth-order valence-corrected chi connectivity index (χ4v) is 4.84. The standard InChI is InChI=1S/C25H29F17O12/c26-18(27,19(28,29)20(30,31)21(32,33)22(34,35)23(36,37)24(38,39)25(40,41)42)4-2-1-3-10(45)51-6-9-11(46)13(48)14(49)16(52-9)54-17(7-44)15(50)12(47)8(5-43)53-17/h8-9,11-16,43-44,46-50H,1-7H2/t8-,9-,11-,12-,13+,14-,15+,16-,17+/m1/s1. The van der Waals surface area contributed by atoms with Crippen LogP contribution in [-0.2, 0) is 23.7 Å². The number of rotatable bonds is 17. The summed E-state index contributed by atoms with van der Waals surface area (Å²) in [4.78, 5) is 12.0. The van der Waals surface area contributed by atoms with E-state index >= 15 is 0 Å². The van der Waals surface area contributed by atoms with Crippen LogP contribution >= 0.6 is 0 Å². The zero-order chi connectivity index (χ0) is 42.5. The second kappa shape index (κ2) is 15.7. The number of unbranched alkanes of at least 4 members (excludes halogenated alkanes) is 1. The highest BCUT2D eigenvalue weighted by Crippen LogP contribution is 2.64. The van der Waals surface area contributed by atoms with Gasteiger partial charge in [-0.3, -0.25) is 4.79 Å². The SMILES string of the molecule is O=C(CCCCC(F)(F)C(F)(F)C(F)(F)C(F)(F)C(F)(F)C(F)(F)C(F)(F)C(F)(F)F)OC[C@H]1O[C@H](O[C@]2(CO)O[C@H](CO)[C@@H](O)[C@@H]2O)[C@H](O)[C@@H](O)[C@@H]1O. The van der Waals surface area contributed by atoms with Crippen molar-refractivity contribution < 1.29 is 134 Å². The maximum atomic E-state index is 14.1. The van der Waals surface area contributed by atoms with E-state index in [1.807, 2.05) is 0 Å². The third-order valence-corrected chi connectivity index (χ3v) is 8.21. The molecule has 2 aliphatic rings. The van der Waals surface area contributed by atoms with Crippen LogP contribution in [0.5, 0.6) is 0 Å². The summed E-state index contributed by atoms with van der Waals surface area (Å²) in [6, 6.07) is 0. The quantitative estimate of drug-likeness (QED) is 0.0638. The molecule has 2 saturated heterocycles. The molecule has 7 N–H and O–H groups in total. The Morgan fingerprint density at radius 2 is 1.09 bits per heavy atom. The van der Waals surface area contributed by atoms with Gasteiger partial charge in [0.15, 0.2) is 6.29 Å². The number of carbonyl (C=O) groups excluding carboxylic acids is 1. The minimum atomic E-state index is -8.76. The van der Waals surface area contributed by atoms with E-state index in [1.54, 1.807) is 0 Å². The third-order valence-electron chi connectivity index (χ3n) is 8.21. The second-order valence-corrected chi connectivity index (χ2v) is 11.9. The van der Waals surface area contributed by atoms with Crippen LogP contribution in [-0.4, -0.2) is 164 Å². The Morgan fingerprint density at radius 1 is 0.611 bits per heavy atom. The number of ether oxygens (including phenoxy) is 4. The van der Waals surface area contributed by atoms with Gasteiger partial charge in [-0.1, -0.05) is 0 Å². The topological polar surface area (TPSA) is 196 Å². The number of esters is 1. The lowest BCUT2D eigenvalue weighted by Gasteiger charge is -2.43. The molecule has 0 aromatic heterocycles. The van der Waals surface area contributed by atoms with Crippen LogP contribution in [0.2, 0.25) is 0 Å². The molecule has 12 nitrogen and oxygen atoms in total. The predicted molar refractivity (Wildman–Crippen MR) is 132 cm³/mol. The number of alkyl halides is 17. The van der Waals surface area contributed by atoms with Crippen LogP contribution in [0.3, 0.4) is 0 Å². The molecule has 0 radical (unpaired) electrons. The first kappa shape index (κ1) is 48.0. The second-order valence-electron chi connectivity index (χ2n) is 11.9. The first-order chi connectivity index (χ1) is 24.1. The van der Waals surface area contributed by atoms with Gasteiger partial charge in [0, 0.05) is 12.8 Å². The highest BCUT2D eigenvalue weighted by Gasteiger charge is 2.95. The first-order valence-corrected chi connectivity index (χ1v) is 14.6. The van der Waals surface area contributed by atoms with Crippen molar-refractivity contribution >= 4 is 5.97 Å². The largest absolute Gasteiger partial charge is 0.463 e. The van der Waals surface area contributed by atoms with Crippen LogP contribution in [0.15, 0.2) is 0 Å². The first-order valence-electron chi connectivity index (χ1n) is 14.6. The van der Waals surface area contributed by atoms with Gasteiger partial charge in [0.05, 0.1) is 6.61 Å². The van der Waals surface area contributed by atoms with E-state index in [0.29, 0.717) is 0 Å². The Morgan fingerprint density at radius 3 is 1.54 bits per heavy atom. The molecule has 29 heteroatoms. The molecule has 2 heterocycles. The molecular formula is C25H29F17O12. The van der Waals surface area contributed by atoms with E-state index in [4.69, 9.17) is 14.2 Å². The monoisotopic (exact) mass is 844 g/mol. The number of halogens is 17. The number of carbonyl (C=O) groups is 1. The minimum Gasteiger partial charge on any atom is -0.463 e. The molecule has 0 aromatic carbocycles. The minimum absolute atomic E-state index is 0.946. The summed E-state index contributed by atoms with van der Waals surface area (Å²) in [5.74, 6) is -61.6. The molecule has 320 valence electrons. The lowest BCUT2D eigenvalue weighted by molar-refractivity contribution is -0.461. The van der Waals surface area contributed by atoms with Crippen LogP contribution in [0.1, 0.15) is 25.7 Å². The number of aliphatic hydroxyl groups is 7. The number of hydrogen-bond acceptors (Lipinski definition) is 12. The van der Waals surface area contributed by atoms with Crippen molar-refractivity contribution in [2.75, 3.05) is 19.8 Å². The third kappa shape index (κ3) is 7.89. The molecule has 54 heavy (non-hydrogen) atoms. The smallest absolute Gasteiger partial charge is 0.460 e. The van der Waals surface area contributed by atoms with Gasteiger partial charge in [0.2, 0.25) is 5.79 Å². The summed E-state index contributed by atoms with van der Waals surface area (Å²) < 4.78 is 248. The van der Waals surface area contributed by atoms with Gasteiger partial charge in [0.25, 0.3) is 0 Å². The van der Waals surface area contributed by atoms with Gasteiger partial charge in [0.1, 0.15) is 55.9 Å². The summed E-state index contributed by atoms with van der Waals surface area (Å²) in [5, 5.41) is 69.5. The van der Waals surface area contributed by atoms with Crippen LogP contribution in [0.4, 0.5) is 74.6 Å². The Hall–Kier alpha value is -2.12. The van der Waals surface area contributed by atoms with Gasteiger partial charge in [-0.05, 0) is 12.8 Å². The van der Waals surface area contributed by atoms with Crippen LogP contribution < -0.4 is 0 Å². The molecule has 0 aromatic rings. The molecule has 0 saturated carbocycles. The maximum Gasteiger partial charge on any atom is 0.460 e. The fraction of sp³-hybridized carbons (Fsp3) is 0.960. The Bertz CT molecular complexity index is 1290. The van der Waals surface area contributed by atoms with E-state index in [2.05, 4.69) is 4.74 Å². The zero-order valence-corrected chi connectivity index (χ0v) is 26.2. The summed E-state index contributed by atoms with van der Waals surface area (Å²) in [6.45, 7) is -3.43. The van der Waals surface area contributed by atoms with E-state index in [1.165, 1.54) is 0 Å². The fourth-order valence-electron chi connectivity index (χ4n) is 4.84. The maximum absolute atomic E-state index is 14.1. The molecule has 0 bridgehead atoms. The van der Waals surface area contributed by atoms with E-state index in [0.717, 1.165) is 0 Å². The summed E-state index contributed by atoms with van der Waals surface area (Å²) in [6.07, 6.45) is -31.1. The molecule has 0 unspecified atom stereocenters. The van der Waals surface area contributed by atoms with Gasteiger partial charge in [-0.15, -0.1) is 0 Å². The van der Waals surface area contributed by atoms with Crippen molar-refractivity contribution in [2.24, 2.45) is 0 Å². The van der Waals surface area contributed by atoms with E-state index in [9.17, 15) is 115 Å². The predicted octanol–water partition coefficient (Wildman–Crippen LogP) is 1.73. The lowest BCUT2D eigenvalue weighted by atomic mass is 9.88. The van der Waals surface area contributed by atoms with Crippen molar-refractivity contribution in [3.05, 3.63) is 0 Å². The lowest BCUT2D eigenvalue weighted by Crippen LogP contribution is -2.74. The van der Waals surface area contributed by atoms with Gasteiger partial charge in [-0.2, -0.15) is 74.6 Å². The average Bonchev–Trinajstić information content (AvgIpc) is 3.30. The zero-order valence-electron chi connectivity index (χ0n) is 26.2. The molecular weight excluding hydrogens is 815 g/mol. The Kier molecular flexibility index (Phi) is 13.9. The van der Waals surface area contributed by atoms with Crippen molar-refractivity contribution in [1.82, 2.24) is 0 Å². The van der Waals surface area contributed by atoms with E-state index in [-0.39, 0.29) is 0 Å². The van der Waals surface area contributed by atoms with Crippen molar-refractivity contribution in [2.45, 2.75) is 128 Å². The molecule has 9 atom stereocenters. The van der Waals surface area contributed by atoms with Gasteiger partial charge in [-0.25, -0.2) is 0 Å².